The van der Waals surface area contributed by atoms with Gasteiger partial charge in [-0.3, -0.25) is 9.78 Å². The summed E-state index contributed by atoms with van der Waals surface area (Å²) >= 11 is 1.58. The fourth-order valence-corrected chi connectivity index (χ4v) is 4.64. The van der Waals surface area contributed by atoms with Crippen LogP contribution in [0.5, 0.6) is 0 Å². The van der Waals surface area contributed by atoms with E-state index in [0.717, 1.165) is 36.6 Å². The van der Waals surface area contributed by atoms with Gasteiger partial charge in [-0.1, -0.05) is 0 Å². The third-order valence-corrected chi connectivity index (χ3v) is 5.82. The Morgan fingerprint density at radius 2 is 2.18 bits per heavy atom. The summed E-state index contributed by atoms with van der Waals surface area (Å²) in [7, 11) is 2.11. The highest BCUT2D eigenvalue weighted by Gasteiger charge is 2.48. The molecular formula is C17H19N3OS. The number of likely N-dealkylation sites (tertiary alicyclic amines) is 1. The lowest BCUT2D eigenvalue weighted by atomic mass is 9.85. The monoisotopic (exact) mass is 313 g/mol. The molecule has 0 bridgehead atoms. The van der Waals surface area contributed by atoms with E-state index >= 15 is 0 Å². The number of pyridine rings is 1. The maximum Gasteiger partial charge on any atom is 0.263 e. The van der Waals surface area contributed by atoms with Crippen molar-refractivity contribution in [3.8, 4) is 0 Å². The van der Waals surface area contributed by atoms with Crippen molar-refractivity contribution in [3.63, 3.8) is 0 Å². The number of carbonyl (C=O) groups is 1. The number of nitrogens with zero attached hydrogens (tertiary/aromatic N) is 3. The van der Waals surface area contributed by atoms with Crippen LogP contribution in [-0.2, 0) is 5.41 Å². The summed E-state index contributed by atoms with van der Waals surface area (Å²) in [6.07, 6.45) is 2.87. The summed E-state index contributed by atoms with van der Waals surface area (Å²) in [4.78, 5) is 23.6. The van der Waals surface area contributed by atoms with Crippen molar-refractivity contribution in [2.45, 2.75) is 18.8 Å². The highest BCUT2D eigenvalue weighted by atomic mass is 32.1. The average Bonchev–Trinajstić information content (AvgIpc) is 3.20. The van der Waals surface area contributed by atoms with Gasteiger partial charge in [-0.05, 0) is 37.6 Å². The van der Waals surface area contributed by atoms with Crippen molar-refractivity contribution < 1.29 is 4.79 Å². The van der Waals surface area contributed by atoms with Crippen LogP contribution >= 0.6 is 11.3 Å². The number of rotatable bonds is 1. The molecule has 2 aliphatic rings. The van der Waals surface area contributed by atoms with Gasteiger partial charge >= 0.3 is 0 Å². The highest BCUT2D eigenvalue weighted by molar-refractivity contribution is 7.13. The number of anilines is 1. The Morgan fingerprint density at radius 1 is 1.32 bits per heavy atom. The first-order valence-electron chi connectivity index (χ1n) is 7.61. The van der Waals surface area contributed by atoms with E-state index in [-0.39, 0.29) is 11.3 Å². The van der Waals surface area contributed by atoms with E-state index in [2.05, 4.69) is 23.0 Å². The number of likely N-dealkylation sites (N-methyl/N-ethyl adjacent to an activating group) is 1. The normalized spacial score (nSPS) is 23.4. The Balaban J connectivity index is 1.62. The SMILES string of the molecule is Cc1ccc(C(=O)N2CC[C@@]3(C2)CN(C)c2cccnc23)s1. The van der Waals surface area contributed by atoms with E-state index < -0.39 is 0 Å². The zero-order valence-electron chi connectivity index (χ0n) is 12.9. The summed E-state index contributed by atoms with van der Waals surface area (Å²) in [6, 6.07) is 8.08. The molecule has 0 radical (unpaired) electrons. The summed E-state index contributed by atoms with van der Waals surface area (Å²) in [5, 5.41) is 0. The highest BCUT2D eigenvalue weighted by Crippen LogP contribution is 2.44. The van der Waals surface area contributed by atoms with Crippen LogP contribution in [0.2, 0.25) is 0 Å². The second kappa shape index (κ2) is 4.81. The van der Waals surface area contributed by atoms with Crippen molar-refractivity contribution in [2.24, 2.45) is 0 Å². The molecule has 0 saturated carbocycles. The lowest BCUT2D eigenvalue weighted by molar-refractivity contribution is 0.0789. The van der Waals surface area contributed by atoms with Crippen LogP contribution < -0.4 is 4.90 Å². The number of amides is 1. The first-order chi connectivity index (χ1) is 10.6. The van der Waals surface area contributed by atoms with Crippen LogP contribution in [-0.4, -0.2) is 42.5 Å². The largest absolute Gasteiger partial charge is 0.372 e. The third-order valence-electron chi connectivity index (χ3n) is 4.83. The van der Waals surface area contributed by atoms with Gasteiger partial charge in [0.15, 0.2) is 0 Å². The van der Waals surface area contributed by atoms with E-state index in [1.165, 1.54) is 10.6 Å². The quantitative estimate of drug-likeness (QED) is 0.812. The maximum atomic E-state index is 12.7. The molecule has 114 valence electrons. The minimum Gasteiger partial charge on any atom is -0.372 e. The van der Waals surface area contributed by atoms with E-state index in [0.29, 0.717) is 0 Å². The Kier molecular flexibility index (Phi) is 3.01. The minimum atomic E-state index is 0.00725. The molecular weight excluding hydrogens is 294 g/mol. The number of thiophene rings is 1. The van der Waals surface area contributed by atoms with Crippen molar-refractivity contribution in [1.29, 1.82) is 0 Å². The van der Waals surface area contributed by atoms with Crippen LogP contribution in [0.4, 0.5) is 5.69 Å². The Labute approximate surface area is 134 Å². The zero-order valence-corrected chi connectivity index (χ0v) is 13.7. The molecule has 4 rings (SSSR count). The van der Waals surface area contributed by atoms with E-state index in [4.69, 9.17) is 0 Å². The summed E-state index contributed by atoms with van der Waals surface area (Å²) in [6.45, 7) is 4.59. The fraction of sp³-hybridized carbons (Fsp3) is 0.412. The van der Waals surface area contributed by atoms with Gasteiger partial charge in [-0.25, -0.2) is 0 Å². The van der Waals surface area contributed by atoms with Gasteiger partial charge in [-0.15, -0.1) is 11.3 Å². The first kappa shape index (κ1) is 13.8. The summed E-state index contributed by atoms with van der Waals surface area (Å²) in [5.74, 6) is 0.169. The lowest BCUT2D eigenvalue weighted by Gasteiger charge is -2.24. The molecule has 0 unspecified atom stereocenters. The molecule has 2 aromatic rings. The fourth-order valence-electron chi connectivity index (χ4n) is 3.80. The van der Waals surface area contributed by atoms with Gasteiger partial charge in [0.2, 0.25) is 0 Å². The molecule has 22 heavy (non-hydrogen) atoms. The molecule has 5 heteroatoms. The second-order valence-electron chi connectivity index (χ2n) is 6.39. The standard InChI is InChI=1S/C17H19N3OS/c1-12-5-6-14(22-12)16(21)20-9-7-17(11-20)10-19(2)13-4-3-8-18-15(13)17/h3-6,8H,7,9-11H2,1-2H3/t17-/m0/s1. The predicted octanol–water partition coefficient (Wildman–Crippen LogP) is 2.69. The van der Waals surface area contributed by atoms with Crippen molar-refractivity contribution in [1.82, 2.24) is 9.88 Å². The molecule has 2 aliphatic heterocycles. The molecule has 1 saturated heterocycles. The van der Waals surface area contributed by atoms with Crippen LogP contribution in [0.3, 0.4) is 0 Å². The predicted molar refractivity (Wildman–Crippen MR) is 88.8 cm³/mol. The number of carbonyl (C=O) groups excluding carboxylic acids is 1. The topological polar surface area (TPSA) is 36.4 Å². The smallest absolute Gasteiger partial charge is 0.263 e. The number of hydrogen-bond donors (Lipinski definition) is 0. The molecule has 4 nitrogen and oxygen atoms in total. The Bertz CT molecular complexity index is 741. The van der Waals surface area contributed by atoms with Crippen LogP contribution in [0, 0.1) is 6.92 Å². The Morgan fingerprint density at radius 3 is 2.95 bits per heavy atom. The molecule has 4 heterocycles. The zero-order chi connectivity index (χ0) is 15.3. The number of hydrogen-bond acceptors (Lipinski definition) is 4. The van der Waals surface area contributed by atoms with E-state index in [1.807, 2.05) is 36.2 Å². The van der Waals surface area contributed by atoms with E-state index in [1.54, 1.807) is 11.3 Å². The van der Waals surface area contributed by atoms with Gasteiger partial charge in [0, 0.05) is 37.8 Å². The van der Waals surface area contributed by atoms with Gasteiger partial charge in [-0.2, -0.15) is 0 Å². The van der Waals surface area contributed by atoms with Crippen molar-refractivity contribution in [3.05, 3.63) is 45.9 Å². The van der Waals surface area contributed by atoms with Gasteiger partial charge in [0.25, 0.3) is 5.91 Å². The molecule has 0 N–H and O–H groups in total. The molecule has 1 spiro atoms. The van der Waals surface area contributed by atoms with Gasteiger partial charge < -0.3 is 9.80 Å². The van der Waals surface area contributed by atoms with Crippen molar-refractivity contribution >= 4 is 22.9 Å². The van der Waals surface area contributed by atoms with E-state index in [9.17, 15) is 4.79 Å². The maximum absolute atomic E-state index is 12.7. The molecule has 1 atom stereocenters. The average molecular weight is 313 g/mol. The summed E-state index contributed by atoms with van der Waals surface area (Å²) < 4.78 is 0. The van der Waals surface area contributed by atoms with Gasteiger partial charge in [0.1, 0.15) is 0 Å². The molecule has 1 fully saturated rings. The van der Waals surface area contributed by atoms with Gasteiger partial charge in [0.05, 0.1) is 21.7 Å². The van der Waals surface area contributed by atoms with Crippen LogP contribution in [0.25, 0.3) is 0 Å². The van der Waals surface area contributed by atoms with Crippen LogP contribution in [0.15, 0.2) is 30.5 Å². The van der Waals surface area contributed by atoms with Crippen LogP contribution in [0.1, 0.15) is 26.7 Å². The molecule has 0 aliphatic carbocycles. The first-order valence-corrected chi connectivity index (χ1v) is 8.43. The lowest BCUT2D eigenvalue weighted by Crippen LogP contribution is -2.37. The molecule has 1 amide bonds. The minimum absolute atomic E-state index is 0.00725. The summed E-state index contributed by atoms with van der Waals surface area (Å²) in [5.41, 5.74) is 2.38. The third kappa shape index (κ3) is 1.96. The number of fused-ring (bicyclic) bond motifs is 2. The Hall–Kier alpha value is -1.88. The number of aryl methyl sites for hydroxylation is 1. The molecule has 2 aromatic heterocycles. The molecule has 0 aromatic carbocycles. The number of aromatic nitrogens is 1. The second-order valence-corrected chi connectivity index (χ2v) is 7.68. The van der Waals surface area contributed by atoms with Crippen molar-refractivity contribution in [2.75, 3.05) is 31.6 Å².